The fourth-order valence-corrected chi connectivity index (χ4v) is 2.80. The van der Waals surface area contributed by atoms with E-state index in [9.17, 15) is 4.79 Å². The number of halogens is 1. The zero-order valence-electron chi connectivity index (χ0n) is 6.88. The molecule has 0 radical (unpaired) electrons. The number of carboxylic acids is 1. The van der Waals surface area contributed by atoms with E-state index in [4.69, 9.17) is 10.8 Å². The molecule has 4 heteroatoms. The van der Waals surface area contributed by atoms with Crippen molar-refractivity contribution in [2.75, 3.05) is 6.54 Å². The van der Waals surface area contributed by atoms with Gasteiger partial charge in [0.15, 0.2) is 0 Å². The highest BCUT2D eigenvalue weighted by Crippen LogP contribution is 2.74. The summed E-state index contributed by atoms with van der Waals surface area (Å²) in [5, 5.41) is 8.78. The molecule has 12 heavy (non-hydrogen) atoms. The molecular weight excluding hydrogens is 178 g/mol. The quantitative estimate of drug-likeness (QED) is 0.700. The molecule has 3 rings (SSSR count). The average molecular weight is 192 g/mol. The molecule has 0 aromatic carbocycles. The lowest BCUT2D eigenvalue weighted by atomic mass is 9.34. The molecule has 2 bridgehead atoms. The van der Waals surface area contributed by atoms with Crippen LogP contribution in [0.25, 0.3) is 0 Å². The molecule has 0 amide bonds. The van der Waals surface area contributed by atoms with Gasteiger partial charge in [0, 0.05) is 0 Å². The van der Waals surface area contributed by atoms with Crippen LogP contribution in [0.2, 0.25) is 0 Å². The second-order valence-electron chi connectivity index (χ2n) is 4.15. The van der Waals surface area contributed by atoms with Gasteiger partial charge in [-0.05, 0) is 37.6 Å². The molecule has 0 unspecified atom stereocenters. The van der Waals surface area contributed by atoms with Gasteiger partial charge >= 0.3 is 5.97 Å². The number of carboxylic acid groups (broad SMARTS) is 1. The molecule has 3 fully saturated rings. The minimum atomic E-state index is -0.601. The first-order valence-corrected chi connectivity index (χ1v) is 4.06. The summed E-state index contributed by atoms with van der Waals surface area (Å²) in [6, 6.07) is 0. The van der Waals surface area contributed by atoms with Crippen molar-refractivity contribution in [3.05, 3.63) is 0 Å². The van der Waals surface area contributed by atoms with Crippen LogP contribution < -0.4 is 5.73 Å². The third-order valence-corrected chi connectivity index (χ3v) is 3.27. The largest absolute Gasteiger partial charge is 0.481 e. The molecule has 0 aromatic heterocycles. The third kappa shape index (κ3) is 0.962. The number of carbonyl (C=O) groups is 1. The van der Waals surface area contributed by atoms with E-state index in [2.05, 4.69) is 0 Å². The second-order valence-corrected chi connectivity index (χ2v) is 4.15. The van der Waals surface area contributed by atoms with E-state index in [-0.39, 0.29) is 17.8 Å². The zero-order chi connectivity index (χ0) is 8.11. The Morgan fingerprint density at radius 1 is 1.42 bits per heavy atom. The van der Waals surface area contributed by atoms with Gasteiger partial charge in [0.25, 0.3) is 0 Å². The van der Waals surface area contributed by atoms with Gasteiger partial charge < -0.3 is 10.8 Å². The minimum absolute atomic E-state index is 0. The lowest BCUT2D eigenvalue weighted by Gasteiger charge is -2.68. The van der Waals surface area contributed by atoms with E-state index in [1.165, 1.54) is 0 Å². The Balaban J connectivity index is 0.000000720. The summed E-state index contributed by atoms with van der Waals surface area (Å²) >= 11 is 0. The van der Waals surface area contributed by atoms with Crippen LogP contribution in [0.15, 0.2) is 0 Å². The smallest absolute Gasteiger partial charge is 0.309 e. The predicted molar refractivity (Wildman–Crippen MR) is 47.3 cm³/mol. The van der Waals surface area contributed by atoms with E-state index in [0.717, 1.165) is 25.7 Å². The topological polar surface area (TPSA) is 63.3 Å². The van der Waals surface area contributed by atoms with Crippen molar-refractivity contribution in [3.63, 3.8) is 0 Å². The summed E-state index contributed by atoms with van der Waals surface area (Å²) in [6.07, 6.45) is 3.66. The Bertz CT molecular complexity index is 197. The van der Waals surface area contributed by atoms with Gasteiger partial charge in [-0.25, -0.2) is 0 Å². The maximum absolute atomic E-state index is 10.7. The monoisotopic (exact) mass is 191 g/mol. The Morgan fingerprint density at radius 3 is 2.25 bits per heavy atom. The standard InChI is InChI=1S/C8H13NO2.ClH/c9-2-1-7-3-8(4-7,5-7)6(10)11;/h1-5,9H2,(H,10,11);1H. The van der Waals surface area contributed by atoms with Crippen LogP contribution in [-0.4, -0.2) is 17.6 Å². The Kier molecular flexibility index (Phi) is 2.13. The number of rotatable bonds is 3. The summed E-state index contributed by atoms with van der Waals surface area (Å²) < 4.78 is 0. The molecule has 0 spiro atoms. The van der Waals surface area contributed by atoms with Crippen LogP contribution in [-0.2, 0) is 4.79 Å². The number of nitrogens with two attached hydrogens (primary N) is 1. The van der Waals surface area contributed by atoms with Crippen LogP contribution in [0, 0.1) is 10.8 Å². The van der Waals surface area contributed by atoms with Gasteiger partial charge in [0.1, 0.15) is 0 Å². The van der Waals surface area contributed by atoms with E-state index in [0.29, 0.717) is 12.0 Å². The molecule has 0 aliphatic heterocycles. The van der Waals surface area contributed by atoms with Gasteiger partial charge in [0.2, 0.25) is 0 Å². The third-order valence-electron chi connectivity index (χ3n) is 3.27. The first kappa shape index (κ1) is 9.81. The highest BCUT2D eigenvalue weighted by atomic mass is 35.5. The molecule has 0 saturated heterocycles. The lowest BCUT2D eigenvalue weighted by Crippen LogP contribution is -2.65. The fourth-order valence-electron chi connectivity index (χ4n) is 2.80. The normalized spacial score (nSPS) is 42.1. The fraction of sp³-hybridized carbons (Fsp3) is 0.875. The molecular formula is C8H14ClNO2. The van der Waals surface area contributed by atoms with Crippen molar-refractivity contribution in [3.8, 4) is 0 Å². The average Bonchev–Trinajstić information content (AvgIpc) is 1.73. The number of aliphatic carboxylic acids is 1. The zero-order valence-corrected chi connectivity index (χ0v) is 7.69. The van der Waals surface area contributed by atoms with Crippen LogP contribution >= 0.6 is 12.4 Å². The summed E-state index contributed by atoms with van der Waals surface area (Å²) in [5.41, 5.74) is 5.46. The molecule has 0 heterocycles. The van der Waals surface area contributed by atoms with Crippen LogP contribution in [0.1, 0.15) is 25.7 Å². The minimum Gasteiger partial charge on any atom is -0.481 e. The maximum atomic E-state index is 10.7. The second kappa shape index (κ2) is 2.60. The Morgan fingerprint density at radius 2 is 1.92 bits per heavy atom. The van der Waals surface area contributed by atoms with Crippen molar-refractivity contribution < 1.29 is 9.90 Å². The summed E-state index contributed by atoms with van der Waals surface area (Å²) in [7, 11) is 0. The molecule has 3 aliphatic carbocycles. The molecule has 3 nitrogen and oxygen atoms in total. The lowest BCUT2D eigenvalue weighted by molar-refractivity contribution is -0.224. The SMILES string of the molecule is Cl.NCCC12CC(C(=O)O)(C1)C2. The van der Waals surface area contributed by atoms with Crippen LogP contribution in [0.5, 0.6) is 0 Å². The van der Waals surface area contributed by atoms with Crippen molar-refractivity contribution in [1.29, 1.82) is 0 Å². The maximum Gasteiger partial charge on any atom is 0.309 e. The van der Waals surface area contributed by atoms with Gasteiger partial charge in [-0.2, -0.15) is 0 Å². The molecule has 70 valence electrons. The highest BCUT2D eigenvalue weighted by Gasteiger charge is 2.70. The van der Waals surface area contributed by atoms with Gasteiger partial charge in [0.05, 0.1) is 5.41 Å². The van der Waals surface area contributed by atoms with Crippen molar-refractivity contribution in [2.24, 2.45) is 16.6 Å². The Labute approximate surface area is 77.7 Å². The molecule has 0 atom stereocenters. The van der Waals surface area contributed by atoms with Crippen LogP contribution in [0.3, 0.4) is 0 Å². The molecule has 3 N–H and O–H groups in total. The molecule has 3 aliphatic rings. The van der Waals surface area contributed by atoms with E-state index < -0.39 is 5.97 Å². The van der Waals surface area contributed by atoms with Gasteiger partial charge in [-0.1, -0.05) is 0 Å². The molecule has 3 saturated carbocycles. The summed E-state index contributed by atoms with van der Waals surface area (Å²) in [5.74, 6) is -0.601. The first-order valence-electron chi connectivity index (χ1n) is 4.06. The number of hydrogen-bond donors (Lipinski definition) is 2. The Hall–Kier alpha value is -0.280. The van der Waals surface area contributed by atoms with Gasteiger partial charge in [-0.3, -0.25) is 4.79 Å². The van der Waals surface area contributed by atoms with Crippen molar-refractivity contribution in [1.82, 2.24) is 0 Å². The van der Waals surface area contributed by atoms with Crippen molar-refractivity contribution >= 4 is 18.4 Å². The van der Waals surface area contributed by atoms with Crippen LogP contribution in [0.4, 0.5) is 0 Å². The highest BCUT2D eigenvalue weighted by molar-refractivity contribution is 5.85. The van der Waals surface area contributed by atoms with Crippen molar-refractivity contribution in [2.45, 2.75) is 25.7 Å². The predicted octanol–water partition coefficient (Wildman–Crippen LogP) is 1.01. The van der Waals surface area contributed by atoms with E-state index in [1.807, 2.05) is 0 Å². The summed E-state index contributed by atoms with van der Waals surface area (Å²) in [4.78, 5) is 10.7. The molecule has 0 aromatic rings. The van der Waals surface area contributed by atoms with E-state index in [1.54, 1.807) is 0 Å². The summed E-state index contributed by atoms with van der Waals surface area (Å²) in [6.45, 7) is 0.704. The van der Waals surface area contributed by atoms with Gasteiger partial charge in [-0.15, -0.1) is 12.4 Å². The van der Waals surface area contributed by atoms with E-state index >= 15 is 0 Å². The first-order chi connectivity index (χ1) is 5.13. The number of hydrogen-bond acceptors (Lipinski definition) is 2.